The SMILES string of the molecule is CC(OC(=O)c1cc(-c2ccc(N3C(=O)C4C5CCC(C5)C4C3=O)cc2)nc2ccc(Br)cc12)C(=O)c1ccc(Cl)cc1. The number of fused-ring (bicyclic) bond motifs is 6. The van der Waals surface area contributed by atoms with E-state index in [-0.39, 0.29) is 35.0 Å². The van der Waals surface area contributed by atoms with Gasteiger partial charge in [-0.15, -0.1) is 0 Å². The molecule has 216 valence electrons. The number of carbonyl (C=O) groups excluding carboxylic acids is 4. The van der Waals surface area contributed by atoms with E-state index >= 15 is 0 Å². The number of esters is 1. The minimum Gasteiger partial charge on any atom is -0.451 e. The number of aromatic nitrogens is 1. The van der Waals surface area contributed by atoms with Gasteiger partial charge < -0.3 is 4.74 Å². The normalized spacial score (nSPS) is 23.1. The number of rotatable bonds is 6. The average molecular weight is 658 g/mol. The van der Waals surface area contributed by atoms with Crippen molar-refractivity contribution in [2.75, 3.05) is 4.90 Å². The molecule has 2 bridgehead atoms. The predicted octanol–water partition coefficient (Wildman–Crippen LogP) is 7.28. The van der Waals surface area contributed by atoms with Crippen LogP contribution >= 0.6 is 27.5 Å². The summed E-state index contributed by atoms with van der Waals surface area (Å²) in [5.41, 5.74) is 2.98. The van der Waals surface area contributed by atoms with Gasteiger partial charge >= 0.3 is 5.97 Å². The summed E-state index contributed by atoms with van der Waals surface area (Å²) in [4.78, 5) is 59.1. The quantitative estimate of drug-likeness (QED) is 0.123. The third kappa shape index (κ3) is 4.77. The number of hydrogen-bond donors (Lipinski definition) is 0. The number of hydrogen-bond acceptors (Lipinski definition) is 6. The molecular weight excluding hydrogens is 632 g/mol. The molecule has 7 nitrogen and oxygen atoms in total. The molecule has 2 amide bonds. The van der Waals surface area contributed by atoms with Gasteiger partial charge in [0.25, 0.3) is 0 Å². The number of benzene rings is 3. The number of Topliss-reactive ketones (excluding diaryl/α,β-unsaturated/α-hetero) is 1. The molecule has 0 radical (unpaired) electrons. The first-order chi connectivity index (χ1) is 20.7. The largest absolute Gasteiger partial charge is 0.451 e. The maximum absolute atomic E-state index is 13.5. The number of amides is 2. The van der Waals surface area contributed by atoms with E-state index in [4.69, 9.17) is 21.3 Å². The van der Waals surface area contributed by atoms with E-state index in [9.17, 15) is 19.2 Å². The highest BCUT2D eigenvalue weighted by molar-refractivity contribution is 9.10. The summed E-state index contributed by atoms with van der Waals surface area (Å²) in [7, 11) is 0. The van der Waals surface area contributed by atoms with Gasteiger partial charge in [0.1, 0.15) is 0 Å². The molecule has 1 saturated heterocycles. The van der Waals surface area contributed by atoms with Crippen LogP contribution in [0.15, 0.2) is 77.3 Å². The predicted molar refractivity (Wildman–Crippen MR) is 166 cm³/mol. The van der Waals surface area contributed by atoms with Gasteiger partial charge in [0, 0.05) is 26.0 Å². The molecule has 4 aromatic rings. The molecule has 7 rings (SSSR count). The molecule has 3 fully saturated rings. The lowest BCUT2D eigenvalue weighted by Crippen LogP contribution is -2.32. The van der Waals surface area contributed by atoms with Crippen LogP contribution in [-0.4, -0.2) is 34.7 Å². The third-order valence-electron chi connectivity index (χ3n) is 9.12. The van der Waals surface area contributed by atoms with Gasteiger partial charge in [-0.2, -0.15) is 0 Å². The van der Waals surface area contributed by atoms with Crippen molar-refractivity contribution in [3.63, 3.8) is 0 Å². The number of carbonyl (C=O) groups is 4. The molecule has 5 atom stereocenters. The van der Waals surface area contributed by atoms with Crippen LogP contribution < -0.4 is 4.90 Å². The number of pyridine rings is 1. The van der Waals surface area contributed by atoms with Gasteiger partial charge in [-0.1, -0.05) is 39.7 Å². The second kappa shape index (κ2) is 10.7. The van der Waals surface area contributed by atoms with Crippen molar-refractivity contribution in [1.29, 1.82) is 0 Å². The van der Waals surface area contributed by atoms with E-state index in [0.717, 1.165) is 23.7 Å². The van der Waals surface area contributed by atoms with Crippen molar-refractivity contribution in [3.8, 4) is 11.3 Å². The zero-order valence-corrected chi connectivity index (χ0v) is 25.5. The first-order valence-electron chi connectivity index (χ1n) is 14.3. The lowest BCUT2D eigenvalue weighted by Gasteiger charge is -2.19. The summed E-state index contributed by atoms with van der Waals surface area (Å²) in [6, 6.07) is 20.6. The van der Waals surface area contributed by atoms with Crippen molar-refractivity contribution in [2.24, 2.45) is 23.7 Å². The minimum absolute atomic E-state index is 0.0864. The van der Waals surface area contributed by atoms with Gasteiger partial charge in [-0.05, 0) is 98.7 Å². The Morgan fingerprint density at radius 2 is 1.58 bits per heavy atom. The Hall–Kier alpha value is -3.88. The van der Waals surface area contributed by atoms with Gasteiger partial charge in [-0.25, -0.2) is 9.78 Å². The third-order valence-corrected chi connectivity index (χ3v) is 9.87. The van der Waals surface area contributed by atoms with Crippen LogP contribution in [-0.2, 0) is 14.3 Å². The van der Waals surface area contributed by atoms with Gasteiger partial charge in [0.2, 0.25) is 17.6 Å². The Bertz CT molecular complexity index is 1800. The van der Waals surface area contributed by atoms with E-state index in [1.165, 1.54) is 11.8 Å². The summed E-state index contributed by atoms with van der Waals surface area (Å²) < 4.78 is 6.40. The molecule has 9 heteroatoms. The minimum atomic E-state index is -1.03. The van der Waals surface area contributed by atoms with Crippen LogP contribution in [0.5, 0.6) is 0 Å². The topological polar surface area (TPSA) is 93.6 Å². The van der Waals surface area contributed by atoms with Crippen LogP contribution in [0.1, 0.15) is 46.9 Å². The van der Waals surface area contributed by atoms with Crippen molar-refractivity contribution < 1.29 is 23.9 Å². The maximum Gasteiger partial charge on any atom is 0.339 e. The summed E-state index contributed by atoms with van der Waals surface area (Å²) in [5.74, 6) is -0.908. The molecule has 43 heavy (non-hydrogen) atoms. The Balaban J connectivity index is 1.18. The number of ether oxygens (including phenoxy) is 1. The Labute approximate surface area is 261 Å². The van der Waals surface area contributed by atoms with Crippen molar-refractivity contribution in [2.45, 2.75) is 32.3 Å². The summed E-state index contributed by atoms with van der Waals surface area (Å²) in [6.07, 6.45) is 2.02. The zero-order chi connectivity index (χ0) is 30.0. The molecule has 1 aromatic heterocycles. The van der Waals surface area contributed by atoms with E-state index in [2.05, 4.69) is 15.9 Å². The highest BCUT2D eigenvalue weighted by Gasteiger charge is 2.61. The Morgan fingerprint density at radius 1 is 0.930 bits per heavy atom. The smallest absolute Gasteiger partial charge is 0.339 e. The van der Waals surface area contributed by atoms with Crippen LogP contribution in [0.25, 0.3) is 22.2 Å². The number of imide groups is 1. The van der Waals surface area contributed by atoms with Crippen LogP contribution in [0.4, 0.5) is 5.69 Å². The average Bonchev–Trinajstić information content (AvgIpc) is 3.70. The number of halogens is 2. The first kappa shape index (κ1) is 27.9. The molecule has 2 saturated carbocycles. The molecular formula is C34H26BrClN2O5. The van der Waals surface area contributed by atoms with Crippen molar-refractivity contribution >= 4 is 67.7 Å². The molecule has 3 aliphatic rings. The monoisotopic (exact) mass is 656 g/mol. The lowest BCUT2D eigenvalue weighted by molar-refractivity contribution is -0.123. The second-order valence-corrected chi connectivity index (χ2v) is 12.9. The standard InChI is InChI=1S/C34H26BrClN2O5/c1-17(31(39)19-4-9-23(36)10-5-19)43-34(42)26-16-28(37-27-13-8-22(35)15-25(26)27)18-6-11-24(12-7-18)38-32(40)29-20-2-3-21(14-20)30(29)33(38)41/h4-13,15-17,20-21,29-30H,2-3,14H2,1H3. The van der Waals surface area contributed by atoms with Gasteiger partial charge in [0.05, 0.1) is 34.3 Å². The molecule has 0 spiro atoms. The molecule has 1 aliphatic heterocycles. The number of anilines is 1. The van der Waals surface area contributed by atoms with Gasteiger partial charge in [-0.3, -0.25) is 19.3 Å². The van der Waals surface area contributed by atoms with E-state index in [1.54, 1.807) is 66.7 Å². The fourth-order valence-corrected chi connectivity index (χ4v) is 7.57. The lowest BCUT2D eigenvalue weighted by atomic mass is 9.81. The molecule has 3 aromatic carbocycles. The zero-order valence-electron chi connectivity index (χ0n) is 23.1. The van der Waals surface area contributed by atoms with Gasteiger partial charge in [0.15, 0.2) is 6.10 Å². The van der Waals surface area contributed by atoms with E-state index < -0.39 is 12.1 Å². The second-order valence-electron chi connectivity index (χ2n) is 11.6. The van der Waals surface area contributed by atoms with Crippen molar-refractivity contribution in [3.05, 3.63) is 93.4 Å². The maximum atomic E-state index is 13.5. The van der Waals surface area contributed by atoms with Crippen molar-refractivity contribution in [1.82, 2.24) is 4.98 Å². The highest BCUT2D eigenvalue weighted by Crippen LogP contribution is 2.56. The summed E-state index contributed by atoms with van der Waals surface area (Å²) in [5, 5.41) is 1.07. The number of nitrogens with zero attached hydrogens (tertiary/aromatic N) is 2. The fraction of sp³-hybridized carbons (Fsp3) is 0.265. The van der Waals surface area contributed by atoms with E-state index in [1.807, 2.05) is 6.07 Å². The molecule has 5 unspecified atom stereocenters. The van der Waals surface area contributed by atoms with Crippen LogP contribution in [0.2, 0.25) is 5.02 Å². The van der Waals surface area contributed by atoms with Crippen LogP contribution in [0, 0.1) is 23.7 Å². The molecule has 2 aliphatic carbocycles. The number of ketones is 1. The Morgan fingerprint density at radius 3 is 2.23 bits per heavy atom. The molecule has 0 N–H and O–H groups in total. The van der Waals surface area contributed by atoms with Crippen LogP contribution in [0.3, 0.4) is 0 Å². The fourth-order valence-electron chi connectivity index (χ4n) is 7.09. The highest BCUT2D eigenvalue weighted by atomic mass is 79.9. The summed E-state index contributed by atoms with van der Waals surface area (Å²) in [6.45, 7) is 1.54. The first-order valence-corrected chi connectivity index (χ1v) is 15.5. The summed E-state index contributed by atoms with van der Waals surface area (Å²) >= 11 is 9.41. The Kier molecular flexibility index (Phi) is 6.94. The van der Waals surface area contributed by atoms with E-state index in [0.29, 0.717) is 50.3 Å². The molecule has 2 heterocycles.